The molecule has 0 aliphatic rings. The van der Waals surface area contributed by atoms with Crippen LogP contribution in [0.15, 0.2) is 72.8 Å². The summed E-state index contributed by atoms with van der Waals surface area (Å²) in [5, 5.41) is 0. The van der Waals surface area contributed by atoms with Gasteiger partial charge in [0.05, 0.1) is 12.7 Å². The van der Waals surface area contributed by atoms with Gasteiger partial charge in [0, 0.05) is 6.61 Å². The third-order valence-corrected chi connectivity index (χ3v) is 8.17. The highest BCUT2D eigenvalue weighted by Gasteiger charge is 2.10. The lowest BCUT2D eigenvalue weighted by atomic mass is 9.94. The average Bonchev–Trinajstić information content (AvgIpc) is 3.02. The fraction of sp³-hybridized carbons (Fsp3) is 0.538. The minimum atomic E-state index is 0.123. The molecule has 0 aromatic heterocycles. The Morgan fingerprint density at radius 1 is 0.488 bits per heavy atom. The third kappa shape index (κ3) is 12.4. The summed E-state index contributed by atoms with van der Waals surface area (Å²) in [7, 11) is 0. The molecular weight excluding hydrogens is 500 g/mol. The highest BCUT2D eigenvalue weighted by atomic mass is 16.5. The van der Waals surface area contributed by atoms with Gasteiger partial charge in [-0.2, -0.15) is 0 Å². The molecule has 0 N–H and O–H groups in total. The molecule has 0 radical (unpaired) electrons. The zero-order valence-corrected chi connectivity index (χ0v) is 26.3. The molecule has 224 valence electrons. The maximum atomic E-state index is 6.17. The minimum Gasteiger partial charge on any atom is -0.494 e. The van der Waals surface area contributed by atoms with E-state index in [4.69, 9.17) is 9.47 Å². The zero-order chi connectivity index (χ0) is 29.0. The molecule has 0 aliphatic heterocycles. The second-order valence-electron chi connectivity index (χ2n) is 11.6. The summed E-state index contributed by atoms with van der Waals surface area (Å²) in [6.45, 7) is 8.37. The van der Waals surface area contributed by atoms with Crippen molar-refractivity contribution in [2.45, 2.75) is 123 Å². The van der Waals surface area contributed by atoms with E-state index < -0.39 is 0 Å². The molecule has 0 amide bonds. The molecule has 2 nitrogen and oxygen atoms in total. The molecule has 0 heterocycles. The summed E-state index contributed by atoms with van der Waals surface area (Å²) >= 11 is 0. The molecule has 3 aromatic rings. The molecule has 0 saturated carbocycles. The Kier molecular flexibility index (Phi) is 16.3. The summed E-state index contributed by atoms with van der Waals surface area (Å²) in [5.74, 6) is 0.961. The molecule has 2 heteroatoms. The van der Waals surface area contributed by atoms with Crippen LogP contribution in [0, 0.1) is 0 Å². The van der Waals surface area contributed by atoms with Crippen molar-refractivity contribution in [2.24, 2.45) is 0 Å². The molecule has 3 aromatic carbocycles. The van der Waals surface area contributed by atoms with Crippen LogP contribution >= 0.6 is 0 Å². The van der Waals surface area contributed by atoms with E-state index in [0.29, 0.717) is 0 Å². The normalized spacial score (nSPS) is 12.0. The van der Waals surface area contributed by atoms with Crippen LogP contribution in [0.25, 0.3) is 22.3 Å². The summed E-state index contributed by atoms with van der Waals surface area (Å²) in [5.41, 5.74) is 6.20. The number of benzene rings is 3. The Labute approximate surface area is 251 Å². The minimum absolute atomic E-state index is 0.123. The zero-order valence-electron chi connectivity index (χ0n) is 26.3. The smallest absolute Gasteiger partial charge is 0.119 e. The van der Waals surface area contributed by atoms with Crippen LogP contribution in [0.1, 0.15) is 129 Å². The Morgan fingerprint density at radius 3 is 1.44 bits per heavy atom. The van der Waals surface area contributed by atoms with Crippen molar-refractivity contribution in [1.82, 2.24) is 0 Å². The van der Waals surface area contributed by atoms with Gasteiger partial charge in [0.25, 0.3) is 0 Å². The van der Waals surface area contributed by atoms with E-state index in [1.807, 2.05) is 0 Å². The first kappa shape index (κ1) is 32.9. The molecule has 1 unspecified atom stereocenters. The molecule has 0 saturated heterocycles. The SMILES string of the molecule is CCCCCCCCCCOC(C)c1ccc(-c2ccccc2-c2ccc(OCCCCCCCCC)cc2)cc1. The van der Waals surface area contributed by atoms with Gasteiger partial charge in [-0.3, -0.25) is 0 Å². The van der Waals surface area contributed by atoms with Gasteiger partial charge >= 0.3 is 0 Å². The van der Waals surface area contributed by atoms with Crippen LogP contribution < -0.4 is 4.74 Å². The molecule has 1 atom stereocenters. The van der Waals surface area contributed by atoms with E-state index in [1.54, 1.807) is 0 Å². The number of hydrogen-bond acceptors (Lipinski definition) is 2. The van der Waals surface area contributed by atoms with Gasteiger partial charge in [0.2, 0.25) is 0 Å². The van der Waals surface area contributed by atoms with Crippen molar-refractivity contribution in [1.29, 1.82) is 0 Å². The van der Waals surface area contributed by atoms with Crippen molar-refractivity contribution in [3.8, 4) is 28.0 Å². The number of rotatable bonds is 22. The van der Waals surface area contributed by atoms with Crippen molar-refractivity contribution >= 4 is 0 Å². The summed E-state index contributed by atoms with van der Waals surface area (Å²) in [4.78, 5) is 0. The maximum Gasteiger partial charge on any atom is 0.119 e. The molecular formula is C39H56O2. The predicted molar refractivity (Wildman–Crippen MR) is 178 cm³/mol. The highest BCUT2D eigenvalue weighted by molar-refractivity contribution is 5.83. The lowest BCUT2D eigenvalue weighted by Gasteiger charge is -2.15. The maximum absolute atomic E-state index is 6.17. The van der Waals surface area contributed by atoms with Crippen LogP contribution in [0.4, 0.5) is 0 Å². The van der Waals surface area contributed by atoms with E-state index in [-0.39, 0.29) is 6.10 Å². The van der Waals surface area contributed by atoms with Gasteiger partial charge in [-0.1, -0.05) is 158 Å². The van der Waals surface area contributed by atoms with Crippen LogP contribution in [0.3, 0.4) is 0 Å². The van der Waals surface area contributed by atoms with Crippen molar-refractivity contribution in [3.05, 3.63) is 78.4 Å². The van der Waals surface area contributed by atoms with Crippen LogP contribution in [-0.2, 0) is 4.74 Å². The highest BCUT2D eigenvalue weighted by Crippen LogP contribution is 2.33. The first-order chi connectivity index (χ1) is 20.2. The Balaban J connectivity index is 1.46. The Bertz CT molecular complexity index is 1050. The first-order valence-corrected chi connectivity index (χ1v) is 16.8. The Hall–Kier alpha value is -2.58. The monoisotopic (exact) mass is 556 g/mol. The third-order valence-electron chi connectivity index (χ3n) is 8.17. The molecule has 0 fully saturated rings. The number of ether oxygens (including phenoxy) is 2. The molecule has 0 bridgehead atoms. The largest absolute Gasteiger partial charge is 0.494 e. The van der Waals surface area contributed by atoms with E-state index in [9.17, 15) is 0 Å². The van der Waals surface area contributed by atoms with E-state index in [0.717, 1.165) is 31.8 Å². The van der Waals surface area contributed by atoms with E-state index >= 15 is 0 Å². The van der Waals surface area contributed by atoms with Gasteiger partial charge in [0.1, 0.15) is 5.75 Å². The van der Waals surface area contributed by atoms with Crippen LogP contribution in [-0.4, -0.2) is 13.2 Å². The quantitative estimate of drug-likeness (QED) is 0.115. The van der Waals surface area contributed by atoms with Gasteiger partial charge in [-0.15, -0.1) is 0 Å². The van der Waals surface area contributed by atoms with E-state index in [1.165, 1.54) is 111 Å². The summed E-state index contributed by atoms with van der Waals surface area (Å²) in [6, 6.07) is 26.2. The Morgan fingerprint density at radius 2 is 0.927 bits per heavy atom. The topological polar surface area (TPSA) is 18.5 Å². The fourth-order valence-electron chi connectivity index (χ4n) is 5.49. The first-order valence-electron chi connectivity index (χ1n) is 16.8. The second kappa shape index (κ2) is 20.3. The number of unbranched alkanes of at least 4 members (excludes halogenated alkanes) is 13. The number of hydrogen-bond donors (Lipinski definition) is 0. The van der Waals surface area contributed by atoms with Gasteiger partial charge in [-0.25, -0.2) is 0 Å². The lowest BCUT2D eigenvalue weighted by Crippen LogP contribution is -2.02. The molecule has 41 heavy (non-hydrogen) atoms. The average molecular weight is 557 g/mol. The van der Waals surface area contributed by atoms with Crippen molar-refractivity contribution in [2.75, 3.05) is 13.2 Å². The van der Waals surface area contributed by atoms with Gasteiger partial charge < -0.3 is 9.47 Å². The molecule has 0 spiro atoms. The second-order valence-corrected chi connectivity index (χ2v) is 11.6. The van der Waals surface area contributed by atoms with Crippen LogP contribution in [0.2, 0.25) is 0 Å². The van der Waals surface area contributed by atoms with E-state index in [2.05, 4.69) is 93.6 Å². The summed E-state index contributed by atoms with van der Waals surface area (Å²) < 4.78 is 12.2. The van der Waals surface area contributed by atoms with Crippen molar-refractivity contribution < 1.29 is 9.47 Å². The molecule has 0 aliphatic carbocycles. The van der Waals surface area contributed by atoms with Crippen LogP contribution in [0.5, 0.6) is 5.75 Å². The fourth-order valence-corrected chi connectivity index (χ4v) is 5.49. The standard InChI is InChI=1S/C39H56O2/c1-4-6-8-10-12-14-15-19-31-40-33(3)34-23-25-35(26-24-34)38-21-17-18-22-39(38)36-27-29-37(30-28-36)41-32-20-16-13-11-9-7-5-2/h17-18,21-30,33H,4-16,19-20,31-32H2,1-3H3. The predicted octanol–water partition coefficient (Wildman–Crippen LogP) is 12.4. The van der Waals surface area contributed by atoms with Crippen molar-refractivity contribution in [3.63, 3.8) is 0 Å². The summed E-state index contributed by atoms with van der Waals surface area (Å²) in [6.07, 6.45) is 19.9. The molecule has 3 rings (SSSR count). The van der Waals surface area contributed by atoms with Gasteiger partial charge in [-0.05, 0) is 59.7 Å². The van der Waals surface area contributed by atoms with Gasteiger partial charge in [0.15, 0.2) is 0 Å². The lowest BCUT2D eigenvalue weighted by molar-refractivity contribution is 0.0627.